The lowest BCUT2D eigenvalue weighted by atomic mass is 9.79. The van der Waals surface area contributed by atoms with Crippen molar-refractivity contribution in [1.29, 1.82) is 0 Å². The van der Waals surface area contributed by atoms with E-state index in [0.717, 1.165) is 5.92 Å². The van der Waals surface area contributed by atoms with Gasteiger partial charge in [-0.3, -0.25) is 9.69 Å². The normalized spacial score (nSPS) is 30.9. The molecule has 0 aliphatic carbocycles. The Morgan fingerprint density at radius 3 is 2.47 bits per heavy atom. The van der Waals surface area contributed by atoms with Gasteiger partial charge in [-0.05, 0) is 43.8 Å². The second kappa shape index (κ2) is 5.33. The summed E-state index contributed by atoms with van der Waals surface area (Å²) >= 11 is 0. The Hall–Kier alpha value is -1.35. The number of nitrogens with one attached hydrogen (secondary N) is 1. The molecule has 3 heteroatoms. The van der Waals surface area contributed by atoms with Gasteiger partial charge in [0.05, 0.1) is 6.04 Å². The van der Waals surface area contributed by atoms with Crippen LogP contribution in [0.5, 0.6) is 0 Å². The first kappa shape index (κ1) is 12.7. The first-order chi connectivity index (χ1) is 9.24. The van der Waals surface area contributed by atoms with E-state index in [1.54, 1.807) is 6.92 Å². The van der Waals surface area contributed by atoms with Crippen molar-refractivity contribution in [3.63, 3.8) is 0 Å². The molecule has 0 spiro atoms. The zero-order valence-corrected chi connectivity index (χ0v) is 11.5. The van der Waals surface area contributed by atoms with Gasteiger partial charge in [-0.25, -0.2) is 0 Å². The fraction of sp³-hybridized carbons (Fsp3) is 0.562. The Kier molecular flexibility index (Phi) is 3.56. The van der Waals surface area contributed by atoms with Crippen molar-refractivity contribution >= 4 is 5.91 Å². The number of piperidine rings is 3. The molecule has 19 heavy (non-hydrogen) atoms. The quantitative estimate of drug-likeness (QED) is 0.902. The molecule has 3 saturated heterocycles. The van der Waals surface area contributed by atoms with E-state index in [-0.39, 0.29) is 11.9 Å². The van der Waals surface area contributed by atoms with E-state index < -0.39 is 0 Å². The SMILES string of the molecule is CC(=O)N[C@@H](c1ccccc1)[C@@H]1CC2CCN1CC2. The van der Waals surface area contributed by atoms with Crippen LogP contribution in [0, 0.1) is 5.92 Å². The number of amides is 1. The molecule has 0 unspecified atom stereocenters. The van der Waals surface area contributed by atoms with Crippen molar-refractivity contribution in [3.05, 3.63) is 35.9 Å². The minimum absolute atomic E-state index is 0.0662. The molecule has 1 aromatic carbocycles. The topological polar surface area (TPSA) is 32.3 Å². The molecule has 1 amide bonds. The molecule has 0 aromatic heterocycles. The summed E-state index contributed by atoms with van der Waals surface area (Å²) in [6.07, 6.45) is 3.88. The molecule has 3 aliphatic heterocycles. The van der Waals surface area contributed by atoms with Gasteiger partial charge < -0.3 is 5.32 Å². The zero-order valence-electron chi connectivity index (χ0n) is 11.5. The Morgan fingerprint density at radius 1 is 1.26 bits per heavy atom. The highest BCUT2D eigenvalue weighted by molar-refractivity contribution is 5.73. The average Bonchev–Trinajstić information content (AvgIpc) is 2.47. The molecule has 4 rings (SSSR count). The molecule has 1 N–H and O–H groups in total. The number of benzene rings is 1. The summed E-state index contributed by atoms with van der Waals surface area (Å²) in [4.78, 5) is 14.1. The van der Waals surface area contributed by atoms with Crippen molar-refractivity contribution in [3.8, 4) is 0 Å². The van der Waals surface area contributed by atoms with E-state index in [1.165, 1.54) is 37.9 Å². The molecule has 3 nitrogen and oxygen atoms in total. The summed E-state index contributed by atoms with van der Waals surface area (Å²) < 4.78 is 0. The number of rotatable bonds is 3. The molecule has 0 radical (unpaired) electrons. The molecule has 3 heterocycles. The van der Waals surface area contributed by atoms with Crippen LogP contribution in [0.3, 0.4) is 0 Å². The van der Waals surface area contributed by atoms with Crippen LogP contribution >= 0.6 is 0 Å². The second-order valence-corrected chi connectivity index (χ2v) is 5.87. The Morgan fingerprint density at radius 2 is 1.95 bits per heavy atom. The minimum Gasteiger partial charge on any atom is -0.348 e. The van der Waals surface area contributed by atoms with Gasteiger partial charge in [-0.15, -0.1) is 0 Å². The third kappa shape index (κ3) is 2.66. The van der Waals surface area contributed by atoms with Gasteiger partial charge in [0, 0.05) is 13.0 Å². The molecule has 102 valence electrons. The maximum atomic E-state index is 11.5. The lowest BCUT2D eigenvalue weighted by Crippen LogP contribution is -2.54. The van der Waals surface area contributed by atoms with Crippen LogP contribution in [-0.2, 0) is 4.79 Å². The van der Waals surface area contributed by atoms with Gasteiger partial charge in [0.15, 0.2) is 0 Å². The molecular weight excluding hydrogens is 236 g/mol. The predicted molar refractivity (Wildman–Crippen MR) is 75.7 cm³/mol. The lowest BCUT2D eigenvalue weighted by molar-refractivity contribution is -0.120. The van der Waals surface area contributed by atoms with E-state index in [4.69, 9.17) is 0 Å². The predicted octanol–water partition coefficient (Wildman–Crippen LogP) is 2.35. The van der Waals surface area contributed by atoms with E-state index >= 15 is 0 Å². The summed E-state index contributed by atoms with van der Waals surface area (Å²) in [5.41, 5.74) is 1.23. The van der Waals surface area contributed by atoms with Crippen LogP contribution in [0.1, 0.15) is 37.8 Å². The van der Waals surface area contributed by atoms with Crippen LogP contribution in [-0.4, -0.2) is 29.9 Å². The van der Waals surface area contributed by atoms with E-state index in [2.05, 4.69) is 34.5 Å². The number of nitrogens with zero attached hydrogens (tertiary/aromatic N) is 1. The summed E-state index contributed by atoms with van der Waals surface area (Å²) in [7, 11) is 0. The summed E-state index contributed by atoms with van der Waals surface area (Å²) in [6, 6.07) is 11.0. The number of carbonyl (C=O) groups is 1. The Bertz CT molecular complexity index is 437. The third-order valence-corrected chi connectivity index (χ3v) is 4.60. The highest BCUT2D eigenvalue weighted by Gasteiger charge is 2.38. The summed E-state index contributed by atoms with van der Waals surface area (Å²) in [5, 5.41) is 3.17. The fourth-order valence-electron chi connectivity index (χ4n) is 3.64. The van der Waals surface area contributed by atoms with Crippen LogP contribution in [0.25, 0.3) is 0 Å². The summed E-state index contributed by atoms with van der Waals surface area (Å²) in [6.45, 7) is 4.00. The van der Waals surface area contributed by atoms with Crippen molar-refractivity contribution in [2.24, 2.45) is 5.92 Å². The Balaban J connectivity index is 1.85. The minimum atomic E-state index is 0.0662. The van der Waals surface area contributed by atoms with Gasteiger partial charge in [0.1, 0.15) is 0 Å². The largest absolute Gasteiger partial charge is 0.348 e. The molecular formula is C16H22N2O. The molecule has 0 saturated carbocycles. The number of carbonyl (C=O) groups excluding carboxylic acids is 1. The highest BCUT2D eigenvalue weighted by atomic mass is 16.1. The molecule has 3 fully saturated rings. The van der Waals surface area contributed by atoms with Crippen molar-refractivity contribution in [1.82, 2.24) is 10.2 Å². The van der Waals surface area contributed by atoms with Crippen LogP contribution < -0.4 is 5.32 Å². The van der Waals surface area contributed by atoms with Gasteiger partial charge in [0.2, 0.25) is 5.91 Å². The first-order valence-corrected chi connectivity index (χ1v) is 7.30. The second-order valence-electron chi connectivity index (χ2n) is 5.87. The maximum Gasteiger partial charge on any atom is 0.217 e. The summed E-state index contributed by atoms with van der Waals surface area (Å²) in [5.74, 6) is 0.923. The van der Waals surface area contributed by atoms with Crippen molar-refractivity contribution in [2.45, 2.75) is 38.3 Å². The van der Waals surface area contributed by atoms with E-state index in [9.17, 15) is 4.79 Å². The smallest absolute Gasteiger partial charge is 0.217 e. The molecule has 2 bridgehead atoms. The van der Waals surface area contributed by atoms with E-state index in [1.807, 2.05) is 6.07 Å². The average molecular weight is 258 g/mol. The van der Waals surface area contributed by atoms with Gasteiger partial charge in [-0.2, -0.15) is 0 Å². The highest BCUT2D eigenvalue weighted by Crippen LogP contribution is 2.37. The molecule has 3 aliphatic rings. The maximum absolute atomic E-state index is 11.5. The third-order valence-electron chi connectivity index (χ3n) is 4.60. The first-order valence-electron chi connectivity index (χ1n) is 7.30. The van der Waals surface area contributed by atoms with Gasteiger partial charge in [-0.1, -0.05) is 30.3 Å². The standard InChI is InChI=1S/C16H22N2O/c1-12(19)17-16(14-5-3-2-4-6-14)15-11-13-7-9-18(15)10-8-13/h2-6,13,15-16H,7-11H2,1H3,(H,17,19)/t15-,16-/m0/s1. The number of fused-ring (bicyclic) bond motifs is 3. The fourth-order valence-corrected chi connectivity index (χ4v) is 3.64. The zero-order chi connectivity index (χ0) is 13.2. The number of hydrogen-bond donors (Lipinski definition) is 1. The van der Waals surface area contributed by atoms with E-state index in [0.29, 0.717) is 6.04 Å². The molecule has 1 aromatic rings. The number of hydrogen-bond acceptors (Lipinski definition) is 2. The molecule has 2 atom stereocenters. The van der Waals surface area contributed by atoms with Gasteiger partial charge in [0.25, 0.3) is 0 Å². The van der Waals surface area contributed by atoms with Gasteiger partial charge >= 0.3 is 0 Å². The lowest BCUT2D eigenvalue weighted by Gasteiger charge is -2.48. The van der Waals surface area contributed by atoms with Crippen LogP contribution in [0.4, 0.5) is 0 Å². The van der Waals surface area contributed by atoms with Crippen LogP contribution in [0.15, 0.2) is 30.3 Å². The van der Waals surface area contributed by atoms with Crippen LogP contribution in [0.2, 0.25) is 0 Å². The monoisotopic (exact) mass is 258 g/mol. The van der Waals surface area contributed by atoms with Crippen molar-refractivity contribution in [2.75, 3.05) is 13.1 Å². The Labute approximate surface area is 115 Å². The van der Waals surface area contributed by atoms with Crippen molar-refractivity contribution < 1.29 is 4.79 Å².